The molecular weight excluding hydrogens is 257 g/mol. The lowest BCUT2D eigenvalue weighted by molar-refractivity contribution is 0.613. The van der Waals surface area contributed by atoms with E-state index in [0.29, 0.717) is 5.69 Å². The number of benzene rings is 1. The van der Waals surface area contributed by atoms with Crippen LogP contribution < -0.4 is 4.90 Å². The molecule has 0 heterocycles. The van der Waals surface area contributed by atoms with E-state index in [-0.39, 0.29) is 5.82 Å². The maximum absolute atomic E-state index is 13.6. The average molecular weight is 274 g/mol. The quantitative estimate of drug-likeness (QED) is 0.777. The molecule has 0 N–H and O–H groups in total. The van der Waals surface area contributed by atoms with Crippen molar-refractivity contribution in [1.82, 2.24) is 0 Å². The molecule has 1 rings (SSSR count). The Bertz CT molecular complexity index is 308. The van der Waals surface area contributed by atoms with Crippen LogP contribution in [-0.4, -0.2) is 13.1 Å². The Morgan fingerprint density at radius 3 is 2.33 bits per heavy atom. The van der Waals surface area contributed by atoms with E-state index in [1.165, 1.54) is 6.07 Å². The van der Waals surface area contributed by atoms with Crippen LogP contribution in [0.4, 0.5) is 10.1 Å². The normalized spacial score (nSPS) is 10.4. The van der Waals surface area contributed by atoms with Crippen LogP contribution >= 0.6 is 15.9 Å². The second kappa shape index (κ2) is 6.11. The molecule has 0 amide bonds. The first kappa shape index (κ1) is 12.5. The summed E-state index contributed by atoms with van der Waals surface area (Å²) in [5, 5.41) is 0. The van der Waals surface area contributed by atoms with Crippen LogP contribution in [0.2, 0.25) is 0 Å². The first-order valence-electron chi connectivity index (χ1n) is 5.39. The number of halogens is 2. The first-order valence-corrected chi connectivity index (χ1v) is 6.18. The predicted molar refractivity (Wildman–Crippen MR) is 66.9 cm³/mol. The minimum Gasteiger partial charge on any atom is -0.369 e. The van der Waals surface area contributed by atoms with E-state index in [0.717, 1.165) is 30.4 Å². The van der Waals surface area contributed by atoms with Gasteiger partial charge >= 0.3 is 0 Å². The molecule has 3 heteroatoms. The van der Waals surface area contributed by atoms with Gasteiger partial charge in [-0.25, -0.2) is 4.39 Å². The van der Waals surface area contributed by atoms with E-state index in [4.69, 9.17) is 0 Å². The Hall–Kier alpha value is -0.570. The predicted octanol–water partition coefficient (Wildman–Crippen LogP) is 4.21. The second-order valence-electron chi connectivity index (χ2n) is 3.58. The van der Waals surface area contributed by atoms with Gasteiger partial charge < -0.3 is 4.90 Å². The van der Waals surface area contributed by atoms with Gasteiger partial charge in [0.2, 0.25) is 0 Å². The largest absolute Gasteiger partial charge is 0.369 e. The van der Waals surface area contributed by atoms with Gasteiger partial charge in [-0.15, -0.1) is 0 Å². The third-order valence-electron chi connectivity index (χ3n) is 2.24. The molecule has 1 aromatic carbocycles. The molecule has 1 aromatic rings. The van der Waals surface area contributed by atoms with Gasteiger partial charge in [0.15, 0.2) is 0 Å². The Morgan fingerprint density at radius 2 is 1.80 bits per heavy atom. The molecule has 0 bridgehead atoms. The third-order valence-corrected chi connectivity index (χ3v) is 2.73. The average Bonchev–Trinajstić information content (AvgIpc) is 2.21. The van der Waals surface area contributed by atoms with Crippen molar-refractivity contribution in [2.45, 2.75) is 26.7 Å². The molecular formula is C12H17BrFN. The molecule has 84 valence electrons. The van der Waals surface area contributed by atoms with Crippen LogP contribution in [0.5, 0.6) is 0 Å². The Balaban J connectivity index is 2.93. The van der Waals surface area contributed by atoms with E-state index in [9.17, 15) is 4.39 Å². The summed E-state index contributed by atoms with van der Waals surface area (Å²) in [6.45, 7) is 6.03. The number of hydrogen-bond acceptors (Lipinski definition) is 1. The molecule has 0 unspecified atom stereocenters. The van der Waals surface area contributed by atoms with Gasteiger partial charge in [-0.05, 0) is 31.0 Å². The van der Waals surface area contributed by atoms with Crippen molar-refractivity contribution in [3.8, 4) is 0 Å². The van der Waals surface area contributed by atoms with Crippen molar-refractivity contribution in [3.05, 3.63) is 28.5 Å². The van der Waals surface area contributed by atoms with Crippen LogP contribution in [0, 0.1) is 5.82 Å². The molecule has 0 aromatic heterocycles. The lowest BCUT2D eigenvalue weighted by atomic mass is 10.2. The molecule has 0 fully saturated rings. The van der Waals surface area contributed by atoms with Crippen molar-refractivity contribution >= 4 is 21.6 Å². The molecule has 0 spiro atoms. The summed E-state index contributed by atoms with van der Waals surface area (Å²) in [5.74, 6) is -0.139. The summed E-state index contributed by atoms with van der Waals surface area (Å²) < 4.78 is 14.5. The lowest BCUT2D eigenvalue weighted by Gasteiger charge is -2.24. The third kappa shape index (κ3) is 3.49. The maximum Gasteiger partial charge on any atom is 0.146 e. The van der Waals surface area contributed by atoms with Crippen molar-refractivity contribution in [1.29, 1.82) is 0 Å². The van der Waals surface area contributed by atoms with Crippen LogP contribution in [0.15, 0.2) is 22.7 Å². The zero-order chi connectivity index (χ0) is 11.3. The van der Waals surface area contributed by atoms with Crippen LogP contribution in [-0.2, 0) is 0 Å². The van der Waals surface area contributed by atoms with Gasteiger partial charge in [-0.3, -0.25) is 0 Å². The molecule has 0 saturated carbocycles. The van der Waals surface area contributed by atoms with Gasteiger partial charge in [-0.2, -0.15) is 0 Å². The summed E-state index contributed by atoms with van der Waals surface area (Å²) in [5.41, 5.74) is 0.702. The monoisotopic (exact) mass is 273 g/mol. The fraction of sp³-hybridized carbons (Fsp3) is 0.500. The first-order chi connectivity index (χ1) is 7.19. The summed E-state index contributed by atoms with van der Waals surface area (Å²) in [6.07, 6.45) is 2.07. The number of nitrogens with zero attached hydrogens (tertiary/aromatic N) is 1. The maximum atomic E-state index is 13.6. The van der Waals surface area contributed by atoms with Gasteiger partial charge in [0, 0.05) is 17.6 Å². The van der Waals surface area contributed by atoms with Crippen molar-refractivity contribution in [3.63, 3.8) is 0 Å². The standard InChI is InChI=1S/C12H17BrFN/c1-3-7-15(8-4-2)12-9-10(13)5-6-11(12)14/h5-6,9H,3-4,7-8H2,1-2H3. The van der Waals surface area contributed by atoms with Gasteiger partial charge in [-0.1, -0.05) is 29.8 Å². The zero-order valence-electron chi connectivity index (χ0n) is 9.26. The minimum atomic E-state index is -0.139. The summed E-state index contributed by atoms with van der Waals surface area (Å²) in [7, 11) is 0. The molecule has 15 heavy (non-hydrogen) atoms. The van der Waals surface area contributed by atoms with Gasteiger partial charge in [0.25, 0.3) is 0 Å². The second-order valence-corrected chi connectivity index (χ2v) is 4.50. The van der Waals surface area contributed by atoms with Crippen LogP contribution in [0.25, 0.3) is 0 Å². The van der Waals surface area contributed by atoms with Gasteiger partial charge in [0.05, 0.1) is 5.69 Å². The van der Waals surface area contributed by atoms with E-state index in [1.54, 1.807) is 6.07 Å². The molecule has 0 atom stereocenters. The highest BCUT2D eigenvalue weighted by Crippen LogP contribution is 2.24. The summed E-state index contributed by atoms with van der Waals surface area (Å²) in [4.78, 5) is 2.10. The number of anilines is 1. The fourth-order valence-electron chi connectivity index (χ4n) is 1.62. The summed E-state index contributed by atoms with van der Waals surface area (Å²) in [6, 6.07) is 5.09. The summed E-state index contributed by atoms with van der Waals surface area (Å²) >= 11 is 3.37. The van der Waals surface area contributed by atoms with E-state index < -0.39 is 0 Å². The SMILES string of the molecule is CCCN(CCC)c1cc(Br)ccc1F. The number of hydrogen-bond donors (Lipinski definition) is 0. The molecule has 0 saturated heterocycles. The topological polar surface area (TPSA) is 3.24 Å². The lowest BCUT2D eigenvalue weighted by Crippen LogP contribution is -2.25. The van der Waals surface area contributed by atoms with E-state index in [1.807, 2.05) is 6.07 Å². The Morgan fingerprint density at radius 1 is 1.20 bits per heavy atom. The number of rotatable bonds is 5. The van der Waals surface area contributed by atoms with E-state index >= 15 is 0 Å². The van der Waals surface area contributed by atoms with Crippen LogP contribution in [0.1, 0.15) is 26.7 Å². The molecule has 0 aliphatic heterocycles. The molecule has 0 aliphatic carbocycles. The van der Waals surface area contributed by atoms with E-state index in [2.05, 4.69) is 34.7 Å². The van der Waals surface area contributed by atoms with Crippen molar-refractivity contribution in [2.24, 2.45) is 0 Å². The Labute approximate surface area is 99.4 Å². The van der Waals surface area contributed by atoms with Crippen LogP contribution in [0.3, 0.4) is 0 Å². The van der Waals surface area contributed by atoms with Crippen molar-refractivity contribution in [2.75, 3.05) is 18.0 Å². The zero-order valence-corrected chi connectivity index (χ0v) is 10.8. The molecule has 0 radical (unpaired) electrons. The fourth-order valence-corrected chi connectivity index (χ4v) is 1.97. The Kier molecular flexibility index (Phi) is 5.09. The highest BCUT2D eigenvalue weighted by atomic mass is 79.9. The molecule has 1 nitrogen and oxygen atoms in total. The van der Waals surface area contributed by atoms with Crippen molar-refractivity contribution < 1.29 is 4.39 Å². The highest BCUT2D eigenvalue weighted by Gasteiger charge is 2.10. The smallest absolute Gasteiger partial charge is 0.146 e. The minimum absolute atomic E-state index is 0.139. The van der Waals surface area contributed by atoms with Gasteiger partial charge in [0.1, 0.15) is 5.82 Å². The molecule has 0 aliphatic rings. The highest BCUT2D eigenvalue weighted by molar-refractivity contribution is 9.10.